The van der Waals surface area contributed by atoms with Crippen LogP contribution in [0.5, 0.6) is 0 Å². The van der Waals surface area contributed by atoms with Gasteiger partial charge in [0.25, 0.3) is 10.0 Å². The number of hydrogen-bond acceptors (Lipinski definition) is 4. The molecule has 0 spiro atoms. The number of rotatable bonds is 4. The maximum Gasteiger partial charge on any atom is 0.261 e. The molecule has 3 rings (SSSR count). The number of sulfonamides is 1. The van der Waals surface area contributed by atoms with Crippen LogP contribution in [-0.4, -0.2) is 23.4 Å². The number of nitrogens with zero attached hydrogens (tertiary/aromatic N) is 3. The van der Waals surface area contributed by atoms with Crippen molar-refractivity contribution >= 4 is 27.3 Å². The Morgan fingerprint density at radius 2 is 1.79 bits per heavy atom. The standard InChI is InChI=1S/C21H21ClN4O2S/c1-6-18-14(2)26(25-23-18)20-13-16(22)9-12-19(20)24-29(27,28)17-10-7-15(8-11-17)21(3,4)5/h1,7-13,24H,2-5H3. The monoisotopic (exact) mass is 428 g/mol. The Bertz CT molecular complexity index is 1200. The maximum atomic E-state index is 13.0. The molecular formula is C21H21ClN4O2S. The smallest absolute Gasteiger partial charge is 0.261 e. The minimum atomic E-state index is -3.83. The topological polar surface area (TPSA) is 76.9 Å². The zero-order chi connectivity index (χ0) is 21.4. The molecular weight excluding hydrogens is 408 g/mol. The average molecular weight is 429 g/mol. The lowest BCUT2D eigenvalue weighted by Crippen LogP contribution is -2.16. The van der Waals surface area contributed by atoms with Crippen molar-refractivity contribution in [2.24, 2.45) is 0 Å². The van der Waals surface area contributed by atoms with Gasteiger partial charge in [-0.15, -0.1) is 11.5 Å². The highest BCUT2D eigenvalue weighted by Gasteiger charge is 2.20. The molecule has 0 amide bonds. The van der Waals surface area contributed by atoms with Gasteiger partial charge >= 0.3 is 0 Å². The predicted molar refractivity (Wildman–Crippen MR) is 115 cm³/mol. The molecule has 3 aromatic rings. The first-order valence-electron chi connectivity index (χ1n) is 8.85. The third kappa shape index (κ3) is 4.29. The summed E-state index contributed by atoms with van der Waals surface area (Å²) < 4.78 is 30.0. The highest BCUT2D eigenvalue weighted by Crippen LogP contribution is 2.29. The van der Waals surface area contributed by atoms with Crippen LogP contribution in [0.3, 0.4) is 0 Å². The molecule has 2 aromatic carbocycles. The Hall–Kier alpha value is -2.82. The summed E-state index contributed by atoms with van der Waals surface area (Å²) in [5, 5.41) is 8.38. The van der Waals surface area contributed by atoms with Crippen LogP contribution in [0, 0.1) is 19.3 Å². The van der Waals surface area contributed by atoms with E-state index in [0.717, 1.165) is 5.56 Å². The van der Waals surface area contributed by atoms with Gasteiger partial charge in [0.05, 0.1) is 22.0 Å². The van der Waals surface area contributed by atoms with Crippen LogP contribution in [0.15, 0.2) is 47.4 Å². The first kappa shape index (κ1) is 20.9. The van der Waals surface area contributed by atoms with Gasteiger partial charge in [-0.1, -0.05) is 49.7 Å². The van der Waals surface area contributed by atoms with Gasteiger partial charge in [-0.3, -0.25) is 4.72 Å². The third-order valence-corrected chi connectivity index (χ3v) is 6.11. The van der Waals surface area contributed by atoms with E-state index in [2.05, 4.69) is 41.7 Å². The van der Waals surface area contributed by atoms with Crippen molar-refractivity contribution in [3.8, 4) is 18.0 Å². The summed E-state index contributed by atoms with van der Waals surface area (Å²) >= 11 is 6.13. The third-order valence-electron chi connectivity index (χ3n) is 4.49. The number of benzene rings is 2. The number of anilines is 1. The molecule has 1 aromatic heterocycles. The summed E-state index contributed by atoms with van der Waals surface area (Å²) in [4.78, 5) is 0.158. The van der Waals surface area contributed by atoms with Crippen LogP contribution in [-0.2, 0) is 15.4 Å². The van der Waals surface area contributed by atoms with E-state index in [4.69, 9.17) is 18.0 Å². The molecule has 0 radical (unpaired) electrons. The second-order valence-corrected chi connectivity index (χ2v) is 9.74. The van der Waals surface area contributed by atoms with E-state index < -0.39 is 10.0 Å². The Kier molecular flexibility index (Phi) is 5.44. The average Bonchev–Trinajstić information content (AvgIpc) is 3.03. The molecule has 0 unspecified atom stereocenters. The quantitative estimate of drug-likeness (QED) is 0.628. The second-order valence-electron chi connectivity index (χ2n) is 7.62. The molecule has 1 heterocycles. The van der Waals surface area contributed by atoms with E-state index in [9.17, 15) is 8.42 Å². The molecule has 0 fully saturated rings. The summed E-state index contributed by atoms with van der Waals surface area (Å²) in [5.41, 5.74) is 2.69. The molecule has 0 saturated carbocycles. The van der Waals surface area contributed by atoms with Crippen molar-refractivity contribution in [3.05, 3.63) is 64.4 Å². The number of halogens is 1. The lowest BCUT2D eigenvalue weighted by atomic mass is 9.87. The predicted octanol–water partition coefficient (Wildman–Crippen LogP) is 4.31. The van der Waals surface area contributed by atoms with E-state index in [1.807, 2.05) is 12.1 Å². The minimum Gasteiger partial charge on any atom is -0.277 e. The van der Waals surface area contributed by atoms with Gasteiger partial charge in [-0.25, -0.2) is 13.1 Å². The Morgan fingerprint density at radius 1 is 1.14 bits per heavy atom. The van der Waals surface area contributed by atoms with E-state index in [0.29, 0.717) is 27.8 Å². The van der Waals surface area contributed by atoms with Gasteiger partial charge in [-0.2, -0.15) is 0 Å². The number of aromatic nitrogens is 3. The van der Waals surface area contributed by atoms with E-state index >= 15 is 0 Å². The van der Waals surface area contributed by atoms with Crippen LogP contribution < -0.4 is 4.72 Å². The number of terminal acetylenes is 1. The first-order chi connectivity index (χ1) is 13.5. The number of nitrogens with one attached hydrogen (secondary N) is 1. The lowest BCUT2D eigenvalue weighted by Gasteiger charge is -2.19. The fourth-order valence-corrected chi connectivity index (χ4v) is 4.04. The molecule has 1 N–H and O–H groups in total. The summed E-state index contributed by atoms with van der Waals surface area (Å²) in [5.74, 6) is 2.44. The largest absolute Gasteiger partial charge is 0.277 e. The summed E-state index contributed by atoms with van der Waals surface area (Å²) in [6, 6.07) is 11.6. The van der Waals surface area contributed by atoms with Crippen molar-refractivity contribution in [2.75, 3.05) is 4.72 Å². The van der Waals surface area contributed by atoms with Gasteiger partial charge in [0, 0.05) is 5.02 Å². The maximum absolute atomic E-state index is 13.0. The Balaban J connectivity index is 2.02. The Labute approximate surface area is 176 Å². The van der Waals surface area contributed by atoms with E-state index in [1.54, 1.807) is 37.3 Å². The second kappa shape index (κ2) is 7.54. The van der Waals surface area contributed by atoms with Crippen LogP contribution in [0.25, 0.3) is 5.69 Å². The molecule has 29 heavy (non-hydrogen) atoms. The van der Waals surface area contributed by atoms with Crippen molar-refractivity contribution in [1.29, 1.82) is 0 Å². The molecule has 0 saturated heterocycles. The highest BCUT2D eigenvalue weighted by atomic mass is 35.5. The molecule has 150 valence electrons. The van der Waals surface area contributed by atoms with Crippen molar-refractivity contribution in [1.82, 2.24) is 15.0 Å². The molecule has 6 nitrogen and oxygen atoms in total. The highest BCUT2D eigenvalue weighted by molar-refractivity contribution is 7.92. The Morgan fingerprint density at radius 3 is 2.34 bits per heavy atom. The summed E-state index contributed by atoms with van der Waals surface area (Å²) in [6.45, 7) is 7.96. The van der Waals surface area contributed by atoms with E-state index in [1.165, 1.54) is 4.68 Å². The minimum absolute atomic E-state index is 0.0710. The summed E-state index contributed by atoms with van der Waals surface area (Å²) in [6.07, 6.45) is 5.43. The number of hydrogen-bond donors (Lipinski definition) is 1. The summed E-state index contributed by atoms with van der Waals surface area (Å²) in [7, 11) is -3.83. The van der Waals surface area contributed by atoms with Gasteiger partial charge in [-0.05, 0) is 54.2 Å². The van der Waals surface area contributed by atoms with Gasteiger partial charge in [0.15, 0.2) is 5.69 Å². The SMILES string of the molecule is C#Cc1nnn(-c2cc(Cl)ccc2NS(=O)(=O)c2ccc(C(C)(C)C)cc2)c1C. The lowest BCUT2D eigenvalue weighted by molar-refractivity contribution is 0.587. The van der Waals surface area contributed by atoms with Gasteiger partial charge in [0.1, 0.15) is 0 Å². The fourth-order valence-electron chi connectivity index (χ4n) is 2.80. The van der Waals surface area contributed by atoms with E-state index in [-0.39, 0.29) is 10.3 Å². The van der Waals surface area contributed by atoms with Crippen LogP contribution in [0.1, 0.15) is 37.7 Å². The molecule has 8 heteroatoms. The van der Waals surface area contributed by atoms with Crippen LogP contribution >= 0.6 is 11.6 Å². The van der Waals surface area contributed by atoms with Crippen molar-refractivity contribution in [3.63, 3.8) is 0 Å². The van der Waals surface area contributed by atoms with Crippen LogP contribution in [0.4, 0.5) is 5.69 Å². The van der Waals surface area contributed by atoms with Gasteiger partial charge < -0.3 is 0 Å². The van der Waals surface area contributed by atoms with Crippen molar-refractivity contribution < 1.29 is 8.42 Å². The molecule has 0 atom stereocenters. The zero-order valence-corrected chi connectivity index (χ0v) is 18.1. The molecule has 0 bridgehead atoms. The zero-order valence-electron chi connectivity index (χ0n) is 16.6. The molecule has 0 aliphatic rings. The fraction of sp³-hybridized carbons (Fsp3) is 0.238. The first-order valence-corrected chi connectivity index (χ1v) is 10.7. The van der Waals surface area contributed by atoms with Crippen molar-refractivity contribution in [2.45, 2.75) is 38.0 Å². The molecule has 0 aliphatic carbocycles. The van der Waals surface area contributed by atoms with Crippen LogP contribution in [0.2, 0.25) is 5.02 Å². The normalized spacial score (nSPS) is 11.9. The van der Waals surface area contributed by atoms with Gasteiger partial charge in [0.2, 0.25) is 0 Å². The molecule has 0 aliphatic heterocycles.